The van der Waals surface area contributed by atoms with Crippen LogP contribution in [-0.2, 0) is 20.8 Å². The van der Waals surface area contributed by atoms with Gasteiger partial charge in [-0.25, -0.2) is 9.78 Å². The summed E-state index contributed by atoms with van der Waals surface area (Å²) in [6.07, 6.45) is 0.937. The Morgan fingerprint density at radius 1 is 1.19 bits per heavy atom. The second kappa shape index (κ2) is 10.9. The van der Waals surface area contributed by atoms with Gasteiger partial charge in [0.2, 0.25) is 5.95 Å². The van der Waals surface area contributed by atoms with Crippen LogP contribution < -0.4 is 15.8 Å². The van der Waals surface area contributed by atoms with E-state index in [0.29, 0.717) is 67.6 Å². The van der Waals surface area contributed by atoms with Gasteiger partial charge < -0.3 is 24.4 Å². The van der Waals surface area contributed by atoms with E-state index in [1.54, 1.807) is 12.1 Å². The zero-order chi connectivity index (χ0) is 25.9. The highest BCUT2D eigenvalue weighted by Gasteiger charge is 2.25. The van der Waals surface area contributed by atoms with Gasteiger partial charge in [-0.1, -0.05) is 18.2 Å². The molecule has 0 spiro atoms. The SMILES string of the molecule is COC(=O)c1ccccc1NC(C)c1cc(C)cc2c(=O)n(CC3CCOC3)c(N3CCOCC3)nc12. The third-order valence-corrected chi connectivity index (χ3v) is 7.14. The summed E-state index contributed by atoms with van der Waals surface area (Å²) in [6.45, 7) is 8.54. The van der Waals surface area contributed by atoms with Crippen molar-refractivity contribution in [2.45, 2.75) is 32.9 Å². The number of carbonyl (C=O) groups is 1. The van der Waals surface area contributed by atoms with Crippen molar-refractivity contribution < 1.29 is 19.0 Å². The van der Waals surface area contributed by atoms with E-state index in [9.17, 15) is 9.59 Å². The molecule has 0 bridgehead atoms. The Hall–Kier alpha value is -3.43. The smallest absolute Gasteiger partial charge is 0.339 e. The number of carbonyl (C=O) groups excluding carboxylic acids is 1. The molecular formula is C28H34N4O5. The highest BCUT2D eigenvalue weighted by molar-refractivity contribution is 5.95. The molecule has 3 aromatic rings. The number of aromatic nitrogens is 2. The van der Waals surface area contributed by atoms with Crippen LogP contribution in [0.5, 0.6) is 0 Å². The molecule has 3 heterocycles. The molecule has 0 amide bonds. The lowest BCUT2D eigenvalue weighted by Crippen LogP contribution is -2.41. The van der Waals surface area contributed by atoms with Crippen LogP contribution in [0.2, 0.25) is 0 Å². The Labute approximate surface area is 216 Å². The van der Waals surface area contributed by atoms with Gasteiger partial charge in [0.05, 0.1) is 49.4 Å². The molecule has 2 atom stereocenters. The van der Waals surface area contributed by atoms with E-state index in [4.69, 9.17) is 19.2 Å². The maximum absolute atomic E-state index is 14.0. The highest BCUT2D eigenvalue weighted by atomic mass is 16.5. The maximum Gasteiger partial charge on any atom is 0.339 e. The molecule has 2 aromatic carbocycles. The zero-order valence-corrected chi connectivity index (χ0v) is 21.7. The number of esters is 1. The number of morpholine rings is 1. The quantitative estimate of drug-likeness (QED) is 0.487. The number of aryl methyl sites for hydroxylation is 1. The molecule has 1 aromatic heterocycles. The van der Waals surface area contributed by atoms with Crippen molar-refractivity contribution in [3.05, 3.63) is 63.4 Å². The zero-order valence-electron chi connectivity index (χ0n) is 21.7. The van der Waals surface area contributed by atoms with Crippen molar-refractivity contribution in [3.63, 3.8) is 0 Å². The van der Waals surface area contributed by atoms with Crippen LogP contribution in [0.1, 0.15) is 40.9 Å². The molecule has 9 nitrogen and oxygen atoms in total. The van der Waals surface area contributed by atoms with Crippen LogP contribution >= 0.6 is 0 Å². The molecular weight excluding hydrogens is 472 g/mol. The summed E-state index contributed by atoms with van der Waals surface area (Å²) in [5.41, 5.74) is 3.64. The number of fused-ring (bicyclic) bond motifs is 1. The molecule has 0 saturated carbocycles. The number of hydrogen-bond acceptors (Lipinski definition) is 8. The Morgan fingerprint density at radius 3 is 2.70 bits per heavy atom. The van der Waals surface area contributed by atoms with Gasteiger partial charge in [-0.15, -0.1) is 0 Å². The van der Waals surface area contributed by atoms with Crippen molar-refractivity contribution >= 4 is 28.5 Å². The second-order valence-electron chi connectivity index (χ2n) is 9.81. The number of ether oxygens (including phenoxy) is 3. The van der Waals surface area contributed by atoms with Crippen LogP contribution in [0.15, 0.2) is 41.2 Å². The fourth-order valence-corrected chi connectivity index (χ4v) is 5.18. The molecule has 2 fully saturated rings. The number of hydrogen-bond donors (Lipinski definition) is 1. The largest absolute Gasteiger partial charge is 0.465 e. The van der Waals surface area contributed by atoms with Crippen molar-refractivity contribution in [3.8, 4) is 0 Å². The first-order valence-electron chi connectivity index (χ1n) is 12.9. The number of nitrogens with zero attached hydrogens (tertiary/aromatic N) is 3. The third-order valence-electron chi connectivity index (χ3n) is 7.14. The average Bonchev–Trinajstić information content (AvgIpc) is 3.43. The lowest BCUT2D eigenvalue weighted by atomic mass is 10.0. The predicted molar refractivity (Wildman–Crippen MR) is 143 cm³/mol. The van der Waals surface area contributed by atoms with Crippen molar-refractivity contribution in [1.29, 1.82) is 0 Å². The second-order valence-corrected chi connectivity index (χ2v) is 9.81. The van der Waals surface area contributed by atoms with Crippen LogP contribution in [-0.4, -0.2) is 62.1 Å². The van der Waals surface area contributed by atoms with E-state index in [-0.39, 0.29) is 17.5 Å². The van der Waals surface area contributed by atoms with Gasteiger partial charge in [0.1, 0.15) is 0 Å². The first kappa shape index (κ1) is 25.2. The Morgan fingerprint density at radius 2 is 1.97 bits per heavy atom. The Balaban J connectivity index is 1.61. The Bertz CT molecular complexity index is 1340. The molecule has 1 N–H and O–H groups in total. The molecule has 37 heavy (non-hydrogen) atoms. The monoisotopic (exact) mass is 506 g/mol. The molecule has 2 aliphatic rings. The molecule has 2 aliphatic heterocycles. The summed E-state index contributed by atoms with van der Waals surface area (Å²) in [5.74, 6) is 0.562. The number of benzene rings is 2. The molecule has 9 heteroatoms. The summed E-state index contributed by atoms with van der Waals surface area (Å²) in [5, 5.41) is 4.05. The van der Waals surface area contributed by atoms with E-state index in [2.05, 4.69) is 16.3 Å². The van der Waals surface area contributed by atoms with E-state index in [1.807, 2.05) is 36.6 Å². The van der Waals surface area contributed by atoms with Gasteiger partial charge in [-0.2, -0.15) is 0 Å². The van der Waals surface area contributed by atoms with Gasteiger partial charge in [-0.3, -0.25) is 9.36 Å². The minimum absolute atomic E-state index is 0.0366. The third kappa shape index (κ3) is 5.19. The van der Waals surface area contributed by atoms with Crippen molar-refractivity contribution in [2.24, 2.45) is 5.92 Å². The molecule has 0 aliphatic carbocycles. The number of rotatable bonds is 7. The predicted octanol–water partition coefficient (Wildman–Crippen LogP) is 3.54. The van der Waals surface area contributed by atoms with Gasteiger partial charge in [-0.05, 0) is 44.0 Å². The topological polar surface area (TPSA) is 94.9 Å². The lowest BCUT2D eigenvalue weighted by Gasteiger charge is -2.31. The molecule has 5 rings (SSSR count). The molecule has 196 valence electrons. The van der Waals surface area contributed by atoms with E-state index < -0.39 is 5.97 Å². The summed E-state index contributed by atoms with van der Waals surface area (Å²) in [4.78, 5) is 33.6. The van der Waals surface area contributed by atoms with Gasteiger partial charge in [0, 0.05) is 43.4 Å². The number of anilines is 2. The van der Waals surface area contributed by atoms with Crippen LogP contribution in [0.3, 0.4) is 0 Å². The molecule has 2 saturated heterocycles. The van der Waals surface area contributed by atoms with E-state index in [0.717, 1.165) is 24.2 Å². The fourth-order valence-electron chi connectivity index (χ4n) is 5.18. The van der Waals surface area contributed by atoms with Gasteiger partial charge in [0.25, 0.3) is 5.56 Å². The highest BCUT2D eigenvalue weighted by Crippen LogP contribution is 2.30. The van der Waals surface area contributed by atoms with E-state index >= 15 is 0 Å². The van der Waals surface area contributed by atoms with Gasteiger partial charge in [0.15, 0.2) is 0 Å². The van der Waals surface area contributed by atoms with Crippen LogP contribution in [0.25, 0.3) is 10.9 Å². The van der Waals surface area contributed by atoms with Crippen molar-refractivity contribution in [2.75, 3.05) is 56.8 Å². The first-order chi connectivity index (χ1) is 18.0. The normalized spacial score (nSPS) is 18.7. The summed E-state index contributed by atoms with van der Waals surface area (Å²) >= 11 is 0. The summed E-state index contributed by atoms with van der Waals surface area (Å²) in [6, 6.07) is 11.0. The maximum atomic E-state index is 14.0. The molecule has 0 radical (unpaired) electrons. The Kier molecular flexibility index (Phi) is 7.43. The minimum atomic E-state index is -0.407. The first-order valence-corrected chi connectivity index (χ1v) is 12.9. The van der Waals surface area contributed by atoms with Crippen molar-refractivity contribution in [1.82, 2.24) is 9.55 Å². The number of methoxy groups -OCH3 is 1. The minimum Gasteiger partial charge on any atom is -0.465 e. The number of nitrogens with one attached hydrogen (secondary N) is 1. The fraction of sp³-hybridized carbons (Fsp3) is 0.464. The summed E-state index contributed by atoms with van der Waals surface area (Å²) < 4.78 is 18.0. The van der Waals surface area contributed by atoms with Gasteiger partial charge >= 0.3 is 5.97 Å². The lowest BCUT2D eigenvalue weighted by molar-refractivity contribution is 0.0601. The molecule has 2 unspecified atom stereocenters. The van der Waals surface area contributed by atoms with Crippen LogP contribution in [0, 0.1) is 12.8 Å². The average molecular weight is 507 g/mol. The van der Waals surface area contributed by atoms with Crippen LogP contribution in [0.4, 0.5) is 11.6 Å². The standard InChI is InChI=1S/C28H34N4O5/c1-18-14-22(19(2)29-24-7-5-4-6-21(24)27(34)35-3)25-23(15-18)26(33)32(16-20-8-11-37-17-20)28(30-25)31-9-12-36-13-10-31/h4-7,14-15,19-20,29H,8-13,16-17H2,1-3H3. The number of para-hydroxylation sites is 1. The van der Waals surface area contributed by atoms with E-state index in [1.165, 1.54) is 7.11 Å². The summed E-state index contributed by atoms with van der Waals surface area (Å²) in [7, 11) is 1.37.